The molecule has 0 amide bonds. The molecule has 0 aliphatic carbocycles. The van der Waals surface area contributed by atoms with Gasteiger partial charge in [0.05, 0.1) is 0 Å². The van der Waals surface area contributed by atoms with Crippen molar-refractivity contribution >= 4 is 0 Å². The van der Waals surface area contributed by atoms with E-state index in [0.29, 0.717) is 11.8 Å². The quantitative estimate of drug-likeness (QED) is 0.449. The van der Waals surface area contributed by atoms with Crippen LogP contribution in [0, 0.1) is 0 Å². The van der Waals surface area contributed by atoms with E-state index in [4.69, 9.17) is 4.74 Å². The van der Waals surface area contributed by atoms with E-state index < -0.39 is 0 Å². The third-order valence-electron chi connectivity index (χ3n) is 5.24. The van der Waals surface area contributed by atoms with Crippen LogP contribution in [-0.4, -0.2) is 0 Å². The fourth-order valence-corrected chi connectivity index (χ4v) is 3.54. The van der Waals surface area contributed by atoms with Crippen LogP contribution in [0.2, 0.25) is 0 Å². The molecule has 1 heterocycles. The van der Waals surface area contributed by atoms with Crippen molar-refractivity contribution in [2.45, 2.75) is 98.3 Å². The fraction of sp³-hybridized carbons (Fsp3) is 0.652. The van der Waals surface area contributed by atoms with Crippen molar-refractivity contribution in [1.82, 2.24) is 0 Å². The zero-order valence-corrected chi connectivity index (χ0v) is 16.7. The molecule has 0 aromatic heterocycles. The molecule has 0 saturated carbocycles. The zero-order chi connectivity index (χ0) is 17.7. The molecule has 1 heteroatoms. The molecular weight excluding hydrogens is 292 g/mol. The van der Waals surface area contributed by atoms with Gasteiger partial charge < -0.3 is 4.74 Å². The summed E-state index contributed by atoms with van der Waals surface area (Å²) in [5.74, 6) is 3.36. The Morgan fingerprint density at radius 1 is 0.958 bits per heavy atom. The van der Waals surface area contributed by atoms with Crippen molar-refractivity contribution in [3.05, 3.63) is 40.2 Å². The molecule has 0 unspecified atom stereocenters. The molecule has 1 aliphatic heterocycles. The van der Waals surface area contributed by atoms with Crippen molar-refractivity contribution in [3.8, 4) is 5.75 Å². The van der Waals surface area contributed by atoms with Gasteiger partial charge in [0.25, 0.3) is 0 Å². The minimum absolute atomic E-state index is 0.501. The van der Waals surface area contributed by atoms with E-state index in [2.05, 4.69) is 53.7 Å². The standard InChI is InChI=1S/C23H36O/c1-7-8-9-10-11-12-19-13-21-14-20(16(2)3)15-22(17(4)5)23(21)24-18(19)6/h14-17H,7-13H2,1-6H3. The smallest absolute Gasteiger partial charge is 0.133 e. The van der Waals surface area contributed by atoms with Gasteiger partial charge >= 0.3 is 0 Å². The van der Waals surface area contributed by atoms with Crippen LogP contribution in [0.25, 0.3) is 0 Å². The van der Waals surface area contributed by atoms with E-state index in [-0.39, 0.29) is 0 Å². The molecule has 134 valence electrons. The average Bonchev–Trinajstić information content (AvgIpc) is 2.53. The van der Waals surface area contributed by atoms with Crippen LogP contribution in [0.1, 0.15) is 109 Å². The third kappa shape index (κ3) is 4.65. The van der Waals surface area contributed by atoms with Gasteiger partial charge in [-0.15, -0.1) is 0 Å². The minimum atomic E-state index is 0.501. The molecule has 0 radical (unpaired) electrons. The topological polar surface area (TPSA) is 9.23 Å². The third-order valence-corrected chi connectivity index (χ3v) is 5.24. The Morgan fingerprint density at radius 3 is 2.29 bits per heavy atom. The molecular formula is C23H36O. The average molecular weight is 329 g/mol. The van der Waals surface area contributed by atoms with E-state index in [1.165, 1.54) is 60.8 Å². The van der Waals surface area contributed by atoms with Crippen LogP contribution in [0.3, 0.4) is 0 Å². The van der Waals surface area contributed by atoms with E-state index in [1.807, 2.05) is 0 Å². The van der Waals surface area contributed by atoms with Gasteiger partial charge in [-0.25, -0.2) is 0 Å². The van der Waals surface area contributed by atoms with Gasteiger partial charge in [0.1, 0.15) is 11.5 Å². The lowest BCUT2D eigenvalue weighted by Crippen LogP contribution is -2.12. The number of benzene rings is 1. The number of allylic oxidation sites excluding steroid dienone is 2. The molecule has 2 rings (SSSR count). The van der Waals surface area contributed by atoms with E-state index >= 15 is 0 Å². The SMILES string of the molecule is CCCCCCCC1=C(C)Oc2c(cc(C(C)C)cc2C(C)C)C1. The van der Waals surface area contributed by atoms with Crippen LogP contribution in [0.5, 0.6) is 5.75 Å². The predicted molar refractivity (Wildman–Crippen MR) is 105 cm³/mol. The maximum absolute atomic E-state index is 6.33. The predicted octanol–water partition coefficient (Wildman–Crippen LogP) is 7.50. The number of ether oxygens (including phenoxy) is 1. The molecule has 24 heavy (non-hydrogen) atoms. The molecule has 1 aliphatic rings. The number of hydrogen-bond donors (Lipinski definition) is 0. The Kier molecular flexibility index (Phi) is 6.95. The zero-order valence-electron chi connectivity index (χ0n) is 16.7. The second kappa shape index (κ2) is 8.74. The molecule has 1 aromatic rings. The van der Waals surface area contributed by atoms with Crippen molar-refractivity contribution in [3.63, 3.8) is 0 Å². The van der Waals surface area contributed by atoms with Crippen LogP contribution in [-0.2, 0) is 6.42 Å². The maximum Gasteiger partial charge on any atom is 0.133 e. The lowest BCUT2D eigenvalue weighted by molar-refractivity contribution is 0.391. The lowest BCUT2D eigenvalue weighted by atomic mass is 9.87. The summed E-state index contributed by atoms with van der Waals surface area (Å²) in [6.45, 7) is 13.5. The van der Waals surface area contributed by atoms with Gasteiger partial charge in [0.15, 0.2) is 0 Å². The molecule has 0 saturated heterocycles. The van der Waals surface area contributed by atoms with Crippen LogP contribution in [0.15, 0.2) is 23.5 Å². The number of rotatable bonds is 8. The van der Waals surface area contributed by atoms with Crippen molar-refractivity contribution < 1.29 is 4.74 Å². The van der Waals surface area contributed by atoms with Gasteiger partial charge in [0.2, 0.25) is 0 Å². The molecule has 0 bridgehead atoms. The molecule has 0 fully saturated rings. The maximum atomic E-state index is 6.33. The largest absolute Gasteiger partial charge is 0.461 e. The lowest BCUT2D eigenvalue weighted by Gasteiger charge is -2.27. The Labute approximate surface area is 149 Å². The molecule has 1 nitrogen and oxygen atoms in total. The van der Waals surface area contributed by atoms with E-state index in [1.54, 1.807) is 0 Å². The molecule has 0 spiro atoms. The van der Waals surface area contributed by atoms with Gasteiger partial charge in [-0.1, -0.05) is 72.4 Å². The van der Waals surface area contributed by atoms with Crippen LogP contribution in [0.4, 0.5) is 0 Å². The van der Waals surface area contributed by atoms with E-state index in [9.17, 15) is 0 Å². The highest BCUT2D eigenvalue weighted by Crippen LogP contribution is 2.40. The summed E-state index contributed by atoms with van der Waals surface area (Å²) >= 11 is 0. The van der Waals surface area contributed by atoms with Crippen LogP contribution < -0.4 is 4.74 Å². The highest BCUT2D eigenvalue weighted by Gasteiger charge is 2.22. The Morgan fingerprint density at radius 2 is 1.67 bits per heavy atom. The molecule has 0 N–H and O–H groups in total. The summed E-state index contributed by atoms with van der Waals surface area (Å²) in [4.78, 5) is 0. The van der Waals surface area contributed by atoms with Crippen molar-refractivity contribution in [2.75, 3.05) is 0 Å². The minimum Gasteiger partial charge on any atom is -0.461 e. The molecule has 0 atom stereocenters. The first kappa shape index (κ1) is 19.1. The van der Waals surface area contributed by atoms with E-state index in [0.717, 1.165) is 17.9 Å². The normalized spacial score (nSPS) is 14.3. The number of unbranched alkanes of at least 4 members (excludes halogenated alkanes) is 4. The first-order valence-corrected chi connectivity index (χ1v) is 9.97. The fourth-order valence-electron chi connectivity index (χ4n) is 3.54. The first-order chi connectivity index (χ1) is 11.4. The van der Waals surface area contributed by atoms with Gasteiger partial charge in [0, 0.05) is 6.42 Å². The van der Waals surface area contributed by atoms with Gasteiger partial charge in [-0.2, -0.15) is 0 Å². The highest BCUT2D eigenvalue weighted by molar-refractivity contribution is 5.51. The van der Waals surface area contributed by atoms with Crippen LogP contribution >= 0.6 is 0 Å². The second-order valence-electron chi connectivity index (χ2n) is 8.01. The number of fused-ring (bicyclic) bond motifs is 1. The van der Waals surface area contributed by atoms with Crippen molar-refractivity contribution in [2.24, 2.45) is 0 Å². The first-order valence-electron chi connectivity index (χ1n) is 9.97. The summed E-state index contributed by atoms with van der Waals surface area (Å²) in [6, 6.07) is 4.74. The summed E-state index contributed by atoms with van der Waals surface area (Å²) in [6.07, 6.45) is 8.97. The highest BCUT2D eigenvalue weighted by atomic mass is 16.5. The Bertz CT molecular complexity index is 578. The second-order valence-corrected chi connectivity index (χ2v) is 8.01. The van der Waals surface area contributed by atoms with Gasteiger partial charge in [-0.3, -0.25) is 0 Å². The molecule has 1 aromatic carbocycles. The summed E-state index contributed by atoms with van der Waals surface area (Å²) < 4.78 is 6.33. The van der Waals surface area contributed by atoms with Gasteiger partial charge in [-0.05, 0) is 53.9 Å². The monoisotopic (exact) mass is 328 g/mol. The summed E-state index contributed by atoms with van der Waals surface area (Å²) in [5, 5.41) is 0. The summed E-state index contributed by atoms with van der Waals surface area (Å²) in [7, 11) is 0. The Balaban J connectivity index is 2.16. The number of hydrogen-bond acceptors (Lipinski definition) is 1. The summed E-state index contributed by atoms with van der Waals surface area (Å²) in [5.41, 5.74) is 5.73. The Hall–Kier alpha value is -1.24. The van der Waals surface area contributed by atoms with Crippen molar-refractivity contribution in [1.29, 1.82) is 0 Å².